The van der Waals surface area contributed by atoms with Gasteiger partial charge in [0.25, 0.3) is 10.0 Å². The molecule has 2 aromatic carbocycles. The highest BCUT2D eigenvalue weighted by Gasteiger charge is 2.21. The SMILES string of the molecule is COc1ccc(S(=O)(=O)Nc2ccc(N3CCN(C)CC3)cc2)c(OC)c1. The second-order valence-corrected chi connectivity index (χ2v) is 8.11. The molecule has 1 N–H and O–H groups in total. The van der Waals surface area contributed by atoms with Gasteiger partial charge in [0.15, 0.2) is 0 Å². The molecule has 1 fully saturated rings. The van der Waals surface area contributed by atoms with Crippen molar-refractivity contribution in [2.24, 2.45) is 0 Å². The third-order valence-electron chi connectivity index (χ3n) is 4.65. The van der Waals surface area contributed by atoms with Gasteiger partial charge in [-0.2, -0.15) is 0 Å². The number of piperazine rings is 1. The Bertz CT molecular complexity index is 876. The van der Waals surface area contributed by atoms with Crippen LogP contribution < -0.4 is 19.1 Å². The number of rotatable bonds is 6. The van der Waals surface area contributed by atoms with E-state index in [0.717, 1.165) is 31.9 Å². The van der Waals surface area contributed by atoms with Gasteiger partial charge in [0.1, 0.15) is 16.4 Å². The summed E-state index contributed by atoms with van der Waals surface area (Å²) in [7, 11) is 1.28. The van der Waals surface area contributed by atoms with Gasteiger partial charge < -0.3 is 19.3 Å². The summed E-state index contributed by atoms with van der Waals surface area (Å²) < 4.78 is 38.4. The standard InChI is InChI=1S/C19H25N3O4S/c1-21-10-12-22(13-11-21)16-6-4-15(5-7-16)20-27(23,24)19-9-8-17(25-2)14-18(19)26-3/h4-9,14,20H,10-13H2,1-3H3. The van der Waals surface area contributed by atoms with E-state index >= 15 is 0 Å². The molecule has 0 radical (unpaired) electrons. The van der Waals surface area contributed by atoms with Crippen LogP contribution in [0.25, 0.3) is 0 Å². The number of likely N-dealkylation sites (N-methyl/N-ethyl adjacent to an activating group) is 1. The minimum absolute atomic E-state index is 0.0638. The Morgan fingerprint density at radius 3 is 2.19 bits per heavy atom. The molecule has 1 heterocycles. The van der Waals surface area contributed by atoms with Crippen LogP contribution in [0.4, 0.5) is 11.4 Å². The average Bonchev–Trinajstić information content (AvgIpc) is 2.68. The summed E-state index contributed by atoms with van der Waals surface area (Å²) in [6.07, 6.45) is 0. The number of ether oxygens (including phenoxy) is 2. The smallest absolute Gasteiger partial charge is 0.265 e. The molecule has 0 bridgehead atoms. The molecule has 0 atom stereocenters. The van der Waals surface area contributed by atoms with Crippen molar-refractivity contribution < 1.29 is 17.9 Å². The van der Waals surface area contributed by atoms with Crippen molar-refractivity contribution in [2.45, 2.75) is 4.90 Å². The lowest BCUT2D eigenvalue weighted by Crippen LogP contribution is -2.44. The summed E-state index contributed by atoms with van der Waals surface area (Å²) in [5, 5.41) is 0. The highest BCUT2D eigenvalue weighted by Crippen LogP contribution is 2.30. The maximum absolute atomic E-state index is 12.8. The van der Waals surface area contributed by atoms with Crippen molar-refractivity contribution in [2.75, 3.05) is 57.1 Å². The molecule has 3 rings (SSSR count). The van der Waals surface area contributed by atoms with E-state index in [-0.39, 0.29) is 10.6 Å². The van der Waals surface area contributed by atoms with Crippen molar-refractivity contribution in [3.63, 3.8) is 0 Å². The number of hydrogen-bond donors (Lipinski definition) is 1. The van der Waals surface area contributed by atoms with Crippen LogP contribution in [0, 0.1) is 0 Å². The van der Waals surface area contributed by atoms with Crippen molar-refractivity contribution in [1.82, 2.24) is 4.90 Å². The minimum atomic E-state index is -3.78. The lowest BCUT2D eigenvalue weighted by Gasteiger charge is -2.34. The van der Waals surface area contributed by atoms with E-state index in [0.29, 0.717) is 11.4 Å². The molecule has 0 aromatic heterocycles. The van der Waals surface area contributed by atoms with E-state index in [9.17, 15) is 8.42 Å². The molecule has 7 nitrogen and oxygen atoms in total. The van der Waals surface area contributed by atoms with Crippen LogP contribution in [0.5, 0.6) is 11.5 Å². The molecule has 1 saturated heterocycles. The number of anilines is 2. The molecule has 146 valence electrons. The zero-order valence-electron chi connectivity index (χ0n) is 15.8. The monoisotopic (exact) mass is 391 g/mol. The van der Waals surface area contributed by atoms with Crippen LogP contribution in [0.1, 0.15) is 0 Å². The quantitative estimate of drug-likeness (QED) is 0.815. The van der Waals surface area contributed by atoms with Gasteiger partial charge in [0, 0.05) is 43.6 Å². The number of nitrogens with one attached hydrogen (secondary N) is 1. The van der Waals surface area contributed by atoms with Gasteiger partial charge in [-0.25, -0.2) is 8.42 Å². The highest BCUT2D eigenvalue weighted by molar-refractivity contribution is 7.92. The Balaban J connectivity index is 1.76. The van der Waals surface area contributed by atoms with Gasteiger partial charge in [-0.3, -0.25) is 4.72 Å². The van der Waals surface area contributed by atoms with Crippen molar-refractivity contribution in [1.29, 1.82) is 0 Å². The van der Waals surface area contributed by atoms with Crippen molar-refractivity contribution >= 4 is 21.4 Å². The number of sulfonamides is 1. The molecule has 0 saturated carbocycles. The van der Waals surface area contributed by atoms with Crippen molar-refractivity contribution in [3.05, 3.63) is 42.5 Å². The summed E-state index contributed by atoms with van der Waals surface area (Å²) in [5.41, 5.74) is 1.60. The lowest BCUT2D eigenvalue weighted by atomic mass is 10.2. The van der Waals surface area contributed by atoms with Crippen LogP contribution in [0.15, 0.2) is 47.4 Å². The van der Waals surface area contributed by atoms with E-state index in [1.807, 2.05) is 12.1 Å². The highest BCUT2D eigenvalue weighted by atomic mass is 32.2. The first kappa shape index (κ1) is 19.3. The molecule has 8 heteroatoms. The second kappa shape index (κ2) is 8.06. The second-order valence-electron chi connectivity index (χ2n) is 6.46. The third kappa shape index (κ3) is 4.45. The minimum Gasteiger partial charge on any atom is -0.497 e. The summed E-state index contributed by atoms with van der Waals surface area (Å²) in [5.74, 6) is 0.762. The predicted octanol–water partition coefficient (Wildman–Crippen LogP) is 2.26. The van der Waals surface area contributed by atoms with Gasteiger partial charge in [-0.05, 0) is 43.4 Å². The first-order valence-corrected chi connectivity index (χ1v) is 10.2. The number of nitrogens with zero attached hydrogens (tertiary/aromatic N) is 2. The van der Waals surface area contributed by atoms with E-state index in [1.165, 1.54) is 20.3 Å². The van der Waals surface area contributed by atoms with Gasteiger partial charge >= 0.3 is 0 Å². The van der Waals surface area contributed by atoms with E-state index in [1.54, 1.807) is 24.3 Å². The molecule has 0 spiro atoms. The number of hydrogen-bond acceptors (Lipinski definition) is 6. The molecule has 0 aliphatic carbocycles. The maximum atomic E-state index is 12.8. The van der Waals surface area contributed by atoms with Gasteiger partial charge in [-0.1, -0.05) is 0 Å². The Morgan fingerprint density at radius 2 is 1.59 bits per heavy atom. The molecule has 1 aliphatic rings. The van der Waals surface area contributed by atoms with Crippen LogP contribution in [0.2, 0.25) is 0 Å². The molecule has 1 aliphatic heterocycles. The van der Waals surface area contributed by atoms with Gasteiger partial charge in [0.05, 0.1) is 14.2 Å². The van der Waals surface area contributed by atoms with E-state index in [4.69, 9.17) is 9.47 Å². The predicted molar refractivity (Wildman–Crippen MR) is 107 cm³/mol. The Hall–Kier alpha value is -2.45. The summed E-state index contributed by atoms with van der Waals surface area (Å²) >= 11 is 0. The van der Waals surface area contributed by atoms with E-state index < -0.39 is 10.0 Å². The van der Waals surface area contributed by atoms with Crippen LogP contribution in [-0.2, 0) is 10.0 Å². The number of methoxy groups -OCH3 is 2. The van der Waals surface area contributed by atoms with Gasteiger partial charge in [-0.15, -0.1) is 0 Å². The molecule has 27 heavy (non-hydrogen) atoms. The molecule has 2 aromatic rings. The fraction of sp³-hybridized carbons (Fsp3) is 0.368. The lowest BCUT2D eigenvalue weighted by molar-refractivity contribution is 0.313. The summed E-state index contributed by atoms with van der Waals surface area (Å²) in [4.78, 5) is 4.65. The molecule has 0 amide bonds. The average molecular weight is 391 g/mol. The Kier molecular flexibility index (Phi) is 5.76. The van der Waals surface area contributed by atoms with Crippen LogP contribution >= 0.6 is 0 Å². The van der Waals surface area contributed by atoms with Crippen LogP contribution in [0.3, 0.4) is 0 Å². The largest absolute Gasteiger partial charge is 0.497 e. The topological polar surface area (TPSA) is 71.1 Å². The Labute approximate surface area is 160 Å². The maximum Gasteiger partial charge on any atom is 0.265 e. The number of benzene rings is 2. The van der Waals surface area contributed by atoms with E-state index in [2.05, 4.69) is 21.6 Å². The Morgan fingerprint density at radius 1 is 0.926 bits per heavy atom. The zero-order chi connectivity index (χ0) is 19.4. The zero-order valence-corrected chi connectivity index (χ0v) is 16.6. The van der Waals surface area contributed by atoms with Gasteiger partial charge in [0.2, 0.25) is 0 Å². The molecular formula is C19H25N3O4S. The van der Waals surface area contributed by atoms with Crippen LogP contribution in [-0.4, -0.2) is 60.8 Å². The first-order chi connectivity index (χ1) is 12.9. The normalized spacial score (nSPS) is 15.4. The molecular weight excluding hydrogens is 366 g/mol. The summed E-state index contributed by atoms with van der Waals surface area (Å²) in [6, 6.07) is 12.0. The third-order valence-corrected chi connectivity index (χ3v) is 6.07. The molecule has 0 unspecified atom stereocenters. The first-order valence-electron chi connectivity index (χ1n) is 8.71. The fourth-order valence-corrected chi connectivity index (χ4v) is 4.22. The van der Waals surface area contributed by atoms with Crippen molar-refractivity contribution in [3.8, 4) is 11.5 Å². The fourth-order valence-electron chi connectivity index (χ4n) is 3.01. The summed E-state index contributed by atoms with van der Waals surface area (Å²) in [6.45, 7) is 3.96.